The number of benzene rings is 2. The first-order valence-corrected chi connectivity index (χ1v) is 10.3. The monoisotopic (exact) mass is 408 g/mol. The van der Waals surface area contributed by atoms with Crippen LogP contribution in [0.1, 0.15) is 22.7 Å². The van der Waals surface area contributed by atoms with Crippen molar-refractivity contribution in [3.8, 4) is 11.5 Å². The molecule has 1 N–H and O–H groups in total. The Morgan fingerprint density at radius 2 is 1.93 bits per heavy atom. The molecule has 3 aromatic rings. The Bertz CT molecular complexity index is 938. The molecule has 0 spiro atoms. The maximum absolute atomic E-state index is 12.0. The molecule has 0 fully saturated rings. The highest BCUT2D eigenvalue weighted by Crippen LogP contribution is 2.17. The van der Waals surface area contributed by atoms with E-state index in [2.05, 4.69) is 10.3 Å². The number of nitrogens with zero attached hydrogens (tertiary/aromatic N) is 1. The number of amides is 1. The Labute approximate surface area is 175 Å². The molecule has 1 aromatic heterocycles. The minimum atomic E-state index is -0.131. The molecule has 0 aliphatic carbocycles. The van der Waals surface area contributed by atoms with Gasteiger partial charge in [0.15, 0.2) is 0 Å². The second kappa shape index (κ2) is 11.0. The van der Waals surface area contributed by atoms with Crippen LogP contribution in [0.4, 0.5) is 0 Å². The Morgan fingerprint density at radius 3 is 2.72 bits per heavy atom. The molecule has 0 radical (unpaired) electrons. The summed E-state index contributed by atoms with van der Waals surface area (Å²) in [6, 6.07) is 17.3. The highest BCUT2D eigenvalue weighted by molar-refractivity contribution is 7.09. The maximum Gasteiger partial charge on any atom is 0.244 e. The van der Waals surface area contributed by atoms with E-state index in [9.17, 15) is 4.79 Å². The number of aryl methyl sites for hydroxylation is 1. The van der Waals surface area contributed by atoms with Crippen LogP contribution in [0.5, 0.6) is 11.5 Å². The van der Waals surface area contributed by atoms with E-state index in [1.54, 1.807) is 17.4 Å². The summed E-state index contributed by atoms with van der Waals surface area (Å²) in [5, 5.41) is 5.88. The van der Waals surface area contributed by atoms with Gasteiger partial charge in [0.25, 0.3) is 0 Å². The van der Waals surface area contributed by atoms with Gasteiger partial charge in [-0.25, -0.2) is 4.98 Å². The van der Waals surface area contributed by atoms with Crippen LogP contribution in [0, 0.1) is 6.92 Å². The molecule has 3 rings (SSSR count). The standard InChI is InChI=1S/C23H24N2O3S/c1-18-25-20(17-29-18)16-28-22-10-5-7-19(15-22)11-12-23(26)24-13-6-14-27-21-8-3-2-4-9-21/h2-5,7-12,15,17H,6,13-14,16H2,1H3,(H,24,26)/b12-11+. The number of carbonyl (C=O) groups is 1. The minimum absolute atomic E-state index is 0.131. The third-order valence-corrected chi connectivity index (χ3v) is 4.79. The molecule has 0 atom stereocenters. The fourth-order valence-corrected chi connectivity index (χ4v) is 3.16. The summed E-state index contributed by atoms with van der Waals surface area (Å²) in [6.07, 6.45) is 4.05. The largest absolute Gasteiger partial charge is 0.494 e. The Morgan fingerprint density at radius 1 is 1.10 bits per heavy atom. The summed E-state index contributed by atoms with van der Waals surface area (Å²) in [4.78, 5) is 16.4. The van der Waals surface area contributed by atoms with Crippen LogP contribution in [0.25, 0.3) is 6.08 Å². The van der Waals surface area contributed by atoms with Crippen LogP contribution in [0.2, 0.25) is 0 Å². The summed E-state index contributed by atoms with van der Waals surface area (Å²) in [7, 11) is 0. The fraction of sp³-hybridized carbons (Fsp3) is 0.217. The van der Waals surface area contributed by atoms with Crippen molar-refractivity contribution in [3.63, 3.8) is 0 Å². The van der Waals surface area contributed by atoms with E-state index in [4.69, 9.17) is 9.47 Å². The lowest BCUT2D eigenvalue weighted by molar-refractivity contribution is -0.116. The number of carbonyl (C=O) groups excluding carboxylic acids is 1. The zero-order valence-electron chi connectivity index (χ0n) is 16.3. The second-order valence-electron chi connectivity index (χ2n) is 6.36. The van der Waals surface area contributed by atoms with Crippen LogP contribution in [-0.2, 0) is 11.4 Å². The van der Waals surface area contributed by atoms with Gasteiger partial charge in [0, 0.05) is 18.0 Å². The molecular weight excluding hydrogens is 384 g/mol. The number of nitrogens with one attached hydrogen (secondary N) is 1. The maximum atomic E-state index is 12.0. The number of rotatable bonds is 10. The first-order valence-electron chi connectivity index (χ1n) is 9.47. The van der Waals surface area contributed by atoms with Crippen molar-refractivity contribution in [2.24, 2.45) is 0 Å². The summed E-state index contributed by atoms with van der Waals surface area (Å²) in [5.41, 5.74) is 1.82. The quantitative estimate of drug-likeness (QED) is 0.392. The summed E-state index contributed by atoms with van der Waals surface area (Å²) < 4.78 is 11.4. The normalized spacial score (nSPS) is 10.8. The molecule has 2 aromatic carbocycles. The molecular formula is C23H24N2O3S. The number of hydrogen-bond acceptors (Lipinski definition) is 5. The predicted octanol–water partition coefficient (Wildman–Crippen LogP) is 4.63. The first kappa shape index (κ1) is 20.6. The van der Waals surface area contributed by atoms with Gasteiger partial charge >= 0.3 is 0 Å². The number of aromatic nitrogens is 1. The second-order valence-corrected chi connectivity index (χ2v) is 7.42. The van der Waals surface area contributed by atoms with E-state index < -0.39 is 0 Å². The van der Waals surface area contributed by atoms with E-state index in [1.807, 2.05) is 66.9 Å². The number of para-hydroxylation sites is 1. The lowest BCUT2D eigenvalue weighted by atomic mass is 10.2. The molecule has 0 bridgehead atoms. The Hall–Kier alpha value is -3.12. The van der Waals surface area contributed by atoms with Gasteiger partial charge < -0.3 is 14.8 Å². The highest BCUT2D eigenvalue weighted by atomic mass is 32.1. The van der Waals surface area contributed by atoms with Crippen LogP contribution in [0.3, 0.4) is 0 Å². The van der Waals surface area contributed by atoms with Crippen molar-refractivity contribution in [2.75, 3.05) is 13.2 Å². The summed E-state index contributed by atoms with van der Waals surface area (Å²) in [5.74, 6) is 1.45. The summed E-state index contributed by atoms with van der Waals surface area (Å²) >= 11 is 1.61. The molecule has 0 unspecified atom stereocenters. The van der Waals surface area contributed by atoms with Gasteiger partial charge in [-0.2, -0.15) is 0 Å². The molecule has 1 heterocycles. The number of thiazole rings is 1. The van der Waals surface area contributed by atoms with E-state index in [1.165, 1.54) is 6.08 Å². The van der Waals surface area contributed by atoms with Crippen LogP contribution in [0.15, 0.2) is 66.1 Å². The highest BCUT2D eigenvalue weighted by Gasteiger charge is 2.01. The average Bonchev–Trinajstić information content (AvgIpc) is 3.17. The fourth-order valence-electron chi connectivity index (χ4n) is 2.56. The van der Waals surface area contributed by atoms with Gasteiger partial charge in [-0.1, -0.05) is 30.3 Å². The Balaban J connectivity index is 1.37. The molecule has 150 valence electrons. The summed E-state index contributed by atoms with van der Waals surface area (Å²) in [6.45, 7) is 3.53. The lowest BCUT2D eigenvalue weighted by Gasteiger charge is -2.06. The van der Waals surface area contributed by atoms with E-state index in [-0.39, 0.29) is 5.91 Å². The molecule has 0 aliphatic heterocycles. The van der Waals surface area contributed by atoms with Crippen LogP contribution in [-0.4, -0.2) is 24.0 Å². The molecule has 0 saturated heterocycles. The van der Waals surface area contributed by atoms with Crippen molar-refractivity contribution < 1.29 is 14.3 Å². The van der Waals surface area contributed by atoms with Crippen molar-refractivity contribution >= 4 is 23.3 Å². The SMILES string of the molecule is Cc1nc(COc2cccc(/C=C/C(=O)NCCCOc3ccccc3)c2)cs1. The zero-order valence-corrected chi connectivity index (χ0v) is 17.2. The molecule has 0 saturated carbocycles. The van der Waals surface area contributed by atoms with Gasteiger partial charge in [-0.05, 0) is 49.2 Å². The molecule has 5 nitrogen and oxygen atoms in total. The van der Waals surface area contributed by atoms with Crippen molar-refractivity contribution in [3.05, 3.63) is 82.3 Å². The molecule has 6 heteroatoms. The first-order chi connectivity index (χ1) is 14.2. The van der Waals surface area contributed by atoms with Gasteiger partial charge in [0.1, 0.15) is 18.1 Å². The predicted molar refractivity (Wildman–Crippen MR) is 116 cm³/mol. The topological polar surface area (TPSA) is 60.5 Å². The van der Waals surface area contributed by atoms with Crippen molar-refractivity contribution in [2.45, 2.75) is 20.0 Å². The van der Waals surface area contributed by atoms with Gasteiger partial charge in [-0.3, -0.25) is 4.79 Å². The average molecular weight is 409 g/mol. The van der Waals surface area contributed by atoms with Gasteiger partial charge in [0.05, 0.1) is 17.3 Å². The lowest BCUT2D eigenvalue weighted by Crippen LogP contribution is -2.23. The smallest absolute Gasteiger partial charge is 0.244 e. The third kappa shape index (κ3) is 7.43. The Kier molecular flexibility index (Phi) is 7.83. The van der Waals surface area contributed by atoms with E-state index >= 15 is 0 Å². The van der Waals surface area contributed by atoms with Gasteiger partial charge in [0.2, 0.25) is 5.91 Å². The van der Waals surface area contributed by atoms with Crippen LogP contribution < -0.4 is 14.8 Å². The van der Waals surface area contributed by atoms with Crippen LogP contribution >= 0.6 is 11.3 Å². The third-order valence-electron chi connectivity index (χ3n) is 3.97. The molecule has 1 amide bonds. The molecule has 0 aliphatic rings. The number of ether oxygens (including phenoxy) is 2. The van der Waals surface area contributed by atoms with Gasteiger partial charge in [-0.15, -0.1) is 11.3 Å². The number of hydrogen-bond donors (Lipinski definition) is 1. The van der Waals surface area contributed by atoms with E-state index in [0.717, 1.165) is 34.2 Å². The van der Waals surface area contributed by atoms with E-state index in [0.29, 0.717) is 19.8 Å². The molecule has 29 heavy (non-hydrogen) atoms. The zero-order chi connectivity index (χ0) is 20.3. The van der Waals surface area contributed by atoms with Crippen molar-refractivity contribution in [1.29, 1.82) is 0 Å². The van der Waals surface area contributed by atoms with Crippen molar-refractivity contribution in [1.82, 2.24) is 10.3 Å². The minimum Gasteiger partial charge on any atom is -0.494 e.